The SMILES string of the molecule is CCn1ccnc1CC(O)c1cnc2ccsc2c1. The van der Waals surface area contributed by atoms with Gasteiger partial charge in [-0.25, -0.2) is 4.98 Å². The van der Waals surface area contributed by atoms with Crippen LogP contribution in [0.5, 0.6) is 0 Å². The quantitative estimate of drug-likeness (QED) is 0.795. The topological polar surface area (TPSA) is 50.9 Å². The van der Waals surface area contributed by atoms with Crippen LogP contribution in [-0.4, -0.2) is 19.6 Å². The zero-order chi connectivity index (χ0) is 13.2. The first-order chi connectivity index (χ1) is 9.28. The van der Waals surface area contributed by atoms with Crippen molar-refractivity contribution in [2.24, 2.45) is 0 Å². The van der Waals surface area contributed by atoms with Crippen molar-refractivity contribution in [3.8, 4) is 0 Å². The Bertz CT molecular complexity index is 689. The number of aliphatic hydroxyl groups is 1. The predicted molar refractivity (Wildman–Crippen MR) is 76.2 cm³/mol. The number of aliphatic hydroxyl groups excluding tert-OH is 1. The van der Waals surface area contributed by atoms with Crippen LogP contribution >= 0.6 is 11.3 Å². The lowest BCUT2D eigenvalue weighted by atomic mass is 10.1. The number of hydrogen-bond donors (Lipinski definition) is 1. The normalized spacial score (nSPS) is 12.9. The molecular weight excluding hydrogens is 258 g/mol. The highest BCUT2D eigenvalue weighted by atomic mass is 32.1. The van der Waals surface area contributed by atoms with Gasteiger partial charge in [0.25, 0.3) is 0 Å². The Hall–Kier alpha value is -1.72. The summed E-state index contributed by atoms with van der Waals surface area (Å²) in [5.41, 5.74) is 1.83. The van der Waals surface area contributed by atoms with Gasteiger partial charge in [-0.3, -0.25) is 4.98 Å². The molecule has 0 aromatic carbocycles. The number of fused-ring (bicyclic) bond motifs is 1. The highest BCUT2D eigenvalue weighted by Crippen LogP contribution is 2.24. The van der Waals surface area contributed by atoms with Gasteiger partial charge < -0.3 is 9.67 Å². The van der Waals surface area contributed by atoms with E-state index >= 15 is 0 Å². The molecule has 19 heavy (non-hydrogen) atoms. The van der Waals surface area contributed by atoms with Crippen molar-refractivity contribution in [1.29, 1.82) is 0 Å². The Labute approximate surface area is 115 Å². The highest BCUT2D eigenvalue weighted by molar-refractivity contribution is 7.17. The summed E-state index contributed by atoms with van der Waals surface area (Å²) in [6, 6.07) is 4.00. The second-order valence-corrected chi connectivity index (χ2v) is 5.37. The third-order valence-electron chi connectivity index (χ3n) is 3.23. The average molecular weight is 273 g/mol. The molecule has 3 heterocycles. The standard InChI is InChI=1S/C14H15N3OS/c1-2-17-5-4-15-14(17)8-12(18)10-7-13-11(16-9-10)3-6-19-13/h3-7,9,12,18H,2,8H2,1H3. The molecule has 0 aliphatic rings. The molecule has 0 bridgehead atoms. The molecule has 0 amide bonds. The molecule has 4 nitrogen and oxygen atoms in total. The van der Waals surface area contributed by atoms with Crippen LogP contribution in [0.1, 0.15) is 24.4 Å². The Balaban J connectivity index is 1.84. The monoisotopic (exact) mass is 273 g/mol. The minimum Gasteiger partial charge on any atom is -0.388 e. The van der Waals surface area contributed by atoms with Gasteiger partial charge >= 0.3 is 0 Å². The van der Waals surface area contributed by atoms with E-state index in [-0.39, 0.29) is 0 Å². The summed E-state index contributed by atoms with van der Waals surface area (Å²) in [7, 11) is 0. The van der Waals surface area contributed by atoms with Crippen LogP contribution in [0.25, 0.3) is 10.2 Å². The second kappa shape index (κ2) is 5.11. The Morgan fingerprint density at radius 1 is 1.42 bits per heavy atom. The van der Waals surface area contributed by atoms with Crippen molar-refractivity contribution >= 4 is 21.6 Å². The fraction of sp³-hybridized carbons (Fsp3) is 0.286. The van der Waals surface area contributed by atoms with E-state index < -0.39 is 6.10 Å². The molecule has 3 aromatic rings. The summed E-state index contributed by atoms with van der Waals surface area (Å²) >= 11 is 1.64. The Morgan fingerprint density at radius 2 is 2.32 bits per heavy atom. The number of rotatable bonds is 4. The van der Waals surface area contributed by atoms with Crippen LogP contribution < -0.4 is 0 Å². The van der Waals surface area contributed by atoms with Crippen LogP contribution in [0.2, 0.25) is 0 Å². The van der Waals surface area contributed by atoms with Gasteiger partial charge in [-0.1, -0.05) is 0 Å². The minimum absolute atomic E-state index is 0.513. The molecule has 1 unspecified atom stereocenters. The van der Waals surface area contributed by atoms with E-state index in [0.717, 1.165) is 28.1 Å². The molecule has 5 heteroatoms. The molecule has 98 valence electrons. The van der Waals surface area contributed by atoms with Crippen molar-refractivity contribution < 1.29 is 5.11 Å². The van der Waals surface area contributed by atoms with Crippen molar-refractivity contribution in [2.45, 2.75) is 26.0 Å². The first-order valence-electron chi connectivity index (χ1n) is 6.29. The lowest BCUT2D eigenvalue weighted by molar-refractivity contribution is 0.174. The third-order valence-corrected chi connectivity index (χ3v) is 4.08. The zero-order valence-electron chi connectivity index (χ0n) is 10.7. The van der Waals surface area contributed by atoms with E-state index in [1.807, 2.05) is 28.3 Å². The van der Waals surface area contributed by atoms with Gasteiger partial charge in [-0.05, 0) is 24.4 Å². The summed E-state index contributed by atoms with van der Waals surface area (Å²) in [6.45, 7) is 2.93. The van der Waals surface area contributed by atoms with Crippen LogP contribution in [0.3, 0.4) is 0 Å². The maximum Gasteiger partial charge on any atom is 0.111 e. The Morgan fingerprint density at radius 3 is 3.16 bits per heavy atom. The summed E-state index contributed by atoms with van der Waals surface area (Å²) in [6.07, 6.45) is 5.40. The van der Waals surface area contributed by atoms with E-state index in [9.17, 15) is 5.11 Å². The fourth-order valence-electron chi connectivity index (χ4n) is 2.15. The molecule has 1 atom stereocenters. The van der Waals surface area contributed by atoms with E-state index in [4.69, 9.17) is 0 Å². The van der Waals surface area contributed by atoms with Gasteiger partial charge in [0.1, 0.15) is 5.82 Å². The molecule has 0 fully saturated rings. The lowest BCUT2D eigenvalue weighted by Crippen LogP contribution is -2.08. The number of nitrogens with zero attached hydrogens (tertiary/aromatic N) is 3. The van der Waals surface area contributed by atoms with Gasteiger partial charge in [0.2, 0.25) is 0 Å². The van der Waals surface area contributed by atoms with Gasteiger partial charge in [-0.2, -0.15) is 0 Å². The van der Waals surface area contributed by atoms with Gasteiger partial charge in [0.15, 0.2) is 0 Å². The summed E-state index contributed by atoms with van der Waals surface area (Å²) < 4.78 is 3.15. The largest absolute Gasteiger partial charge is 0.388 e. The number of pyridine rings is 1. The maximum atomic E-state index is 10.3. The number of hydrogen-bond acceptors (Lipinski definition) is 4. The number of aromatic nitrogens is 3. The molecule has 3 rings (SSSR count). The molecular formula is C14H15N3OS. The van der Waals surface area contributed by atoms with Crippen molar-refractivity contribution in [2.75, 3.05) is 0 Å². The van der Waals surface area contributed by atoms with Crippen LogP contribution in [-0.2, 0) is 13.0 Å². The van der Waals surface area contributed by atoms with Gasteiger partial charge in [-0.15, -0.1) is 11.3 Å². The molecule has 0 aliphatic heterocycles. The van der Waals surface area contributed by atoms with E-state index in [0.29, 0.717) is 6.42 Å². The molecule has 1 N–H and O–H groups in total. The number of thiophene rings is 1. The molecule has 0 radical (unpaired) electrons. The van der Waals surface area contributed by atoms with Crippen molar-refractivity contribution in [1.82, 2.24) is 14.5 Å². The molecule has 0 saturated heterocycles. The Kier molecular flexibility index (Phi) is 3.31. The number of imidazole rings is 1. The zero-order valence-corrected chi connectivity index (χ0v) is 11.5. The lowest BCUT2D eigenvalue weighted by Gasteiger charge is -2.11. The fourth-order valence-corrected chi connectivity index (χ4v) is 2.94. The summed E-state index contributed by atoms with van der Waals surface area (Å²) in [5, 5.41) is 12.3. The third kappa shape index (κ3) is 2.39. The number of aryl methyl sites for hydroxylation is 1. The van der Waals surface area contributed by atoms with Crippen molar-refractivity contribution in [3.63, 3.8) is 0 Å². The molecule has 0 saturated carbocycles. The second-order valence-electron chi connectivity index (χ2n) is 4.42. The summed E-state index contributed by atoms with van der Waals surface area (Å²) in [5.74, 6) is 0.904. The summed E-state index contributed by atoms with van der Waals surface area (Å²) in [4.78, 5) is 8.65. The van der Waals surface area contributed by atoms with Crippen LogP contribution in [0, 0.1) is 0 Å². The van der Waals surface area contributed by atoms with Crippen molar-refractivity contribution in [3.05, 3.63) is 47.5 Å². The maximum absolute atomic E-state index is 10.3. The highest BCUT2D eigenvalue weighted by Gasteiger charge is 2.13. The smallest absolute Gasteiger partial charge is 0.111 e. The predicted octanol–water partition coefficient (Wildman–Crippen LogP) is 2.79. The minimum atomic E-state index is -0.563. The van der Waals surface area contributed by atoms with E-state index in [2.05, 4.69) is 16.9 Å². The molecule has 0 aliphatic carbocycles. The average Bonchev–Trinajstić information content (AvgIpc) is 3.05. The first-order valence-corrected chi connectivity index (χ1v) is 7.17. The molecule has 0 spiro atoms. The van der Waals surface area contributed by atoms with Crippen LogP contribution in [0.4, 0.5) is 0 Å². The van der Waals surface area contributed by atoms with Crippen LogP contribution in [0.15, 0.2) is 36.1 Å². The first kappa shape index (κ1) is 12.3. The van der Waals surface area contributed by atoms with Gasteiger partial charge in [0.05, 0.1) is 16.3 Å². The molecule has 3 aromatic heterocycles. The van der Waals surface area contributed by atoms with Gasteiger partial charge in [0, 0.05) is 37.1 Å². The van der Waals surface area contributed by atoms with E-state index in [1.165, 1.54) is 0 Å². The van der Waals surface area contributed by atoms with E-state index in [1.54, 1.807) is 23.7 Å².